The first-order valence-electron chi connectivity index (χ1n) is 10.9. The van der Waals surface area contributed by atoms with Crippen molar-refractivity contribution in [2.24, 2.45) is 5.92 Å². The van der Waals surface area contributed by atoms with E-state index >= 15 is 0 Å². The van der Waals surface area contributed by atoms with E-state index in [2.05, 4.69) is 22.0 Å². The number of carbonyl (C=O) groups is 2. The molecular formula is C23H29N5O4. The fourth-order valence-electron chi connectivity index (χ4n) is 4.61. The van der Waals surface area contributed by atoms with Gasteiger partial charge in [0.15, 0.2) is 0 Å². The van der Waals surface area contributed by atoms with Crippen molar-refractivity contribution in [3.8, 4) is 5.88 Å². The van der Waals surface area contributed by atoms with Crippen molar-refractivity contribution in [3.63, 3.8) is 0 Å². The van der Waals surface area contributed by atoms with Crippen molar-refractivity contribution in [1.82, 2.24) is 20.3 Å². The summed E-state index contributed by atoms with van der Waals surface area (Å²) in [6.07, 6.45) is 1.63. The highest BCUT2D eigenvalue weighted by Gasteiger charge is 2.45. The first kappa shape index (κ1) is 22.0. The molecule has 0 bridgehead atoms. The maximum Gasteiger partial charge on any atom is 0.248 e. The van der Waals surface area contributed by atoms with E-state index in [1.54, 1.807) is 23.8 Å². The Bertz CT molecular complexity index is 905. The molecule has 0 aliphatic carbocycles. The van der Waals surface area contributed by atoms with Gasteiger partial charge in [-0.3, -0.25) is 19.7 Å². The van der Waals surface area contributed by atoms with Gasteiger partial charge in [-0.15, -0.1) is 0 Å². The molecule has 2 N–H and O–H groups in total. The number of hydrogen-bond donors (Lipinski definition) is 2. The standard InChI is InChI=1S/C23H29N5O4/c1-26-16-18(32-20-9-5-6-10-24-20)15-19(22(29)25-31)21(26)23(30)28-13-11-27(12-14-28)17-7-3-2-4-8-17/h2-10,18-19,21,31H,11-16H2,1H3,(H,25,29)/t18-,19?,21?/m0/s1. The smallest absolute Gasteiger partial charge is 0.248 e. The van der Waals surface area contributed by atoms with Gasteiger partial charge in [0.2, 0.25) is 17.7 Å². The van der Waals surface area contributed by atoms with Crippen molar-refractivity contribution in [2.45, 2.75) is 18.6 Å². The number of carbonyl (C=O) groups excluding carboxylic acids is 2. The Kier molecular flexibility index (Phi) is 6.87. The second-order valence-electron chi connectivity index (χ2n) is 8.26. The number of para-hydroxylation sites is 1. The first-order valence-corrected chi connectivity index (χ1v) is 10.9. The Hall–Kier alpha value is -3.17. The lowest BCUT2D eigenvalue weighted by molar-refractivity contribution is -0.151. The minimum atomic E-state index is -0.730. The fourth-order valence-corrected chi connectivity index (χ4v) is 4.61. The number of aromatic nitrogens is 1. The number of amides is 2. The number of ether oxygens (including phenoxy) is 1. The molecule has 4 rings (SSSR count). The van der Waals surface area contributed by atoms with Crippen LogP contribution in [0.4, 0.5) is 5.69 Å². The molecular weight excluding hydrogens is 410 g/mol. The predicted molar refractivity (Wildman–Crippen MR) is 118 cm³/mol. The molecule has 2 saturated heterocycles. The number of rotatable bonds is 5. The molecule has 2 aromatic rings. The lowest BCUT2D eigenvalue weighted by Gasteiger charge is -2.44. The van der Waals surface area contributed by atoms with Gasteiger partial charge in [0.05, 0.1) is 5.92 Å². The highest BCUT2D eigenvalue weighted by molar-refractivity contribution is 5.90. The highest BCUT2D eigenvalue weighted by Crippen LogP contribution is 2.28. The van der Waals surface area contributed by atoms with Gasteiger partial charge in [-0.05, 0) is 31.7 Å². The van der Waals surface area contributed by atoms with E-state index < -0.39 is 17.9 Å². The first-order chi connectivity index (χ1) is 15.6. The molecule has 9 heteroatoms. The molecule has 2 unspecified atom stereocenters. The van der Waals surface area contributed by atoms with Gasteiger partial charge in [0.1, 0.15) is 12.1 Å². The lowest BCUT2D eigenvalue weighted by Crippen LogP contribution is -2.62. The quantitative estimate of drug-likeness (QED) is 0.530. The van der Waals surface area contributed by atoms with E-state index in [0.29, 0.717) is 31.9 Å². The largest absolute Gasteiger partial charge is 0.473 e. The van der Waals surface area contributed by atoms with Crippen LogP contribution in [0.1, 0.15) is 6.42 Å². The molecule has 2 aliphatic rings. The normalized spacial score (nSPS) is 24.1. The van der Waals surface area contributed by atoms with E-state index in [9.17, 15) is 14.8 Å². The average molecular weight is 440 g/mol. The summed E-state index contributed by atoms with van der Waals surface area (Å²) in [5.74, 6) is -0.930. The topological polar surface area (TPSA) is 98.2 Å². The number of benzene rings is 1. The molecule has 0 radical (unpaired) electrons. The van der Waals surface area contributed by atoms with Crippen LogP contribution in [-0.4, -0.2) is 83.7 Å². The SMILES string of the molecule is CN1C[C@@H](Oc2ccccn2)CC(C(=O)NO)C1C(=O)N1CCN(c2ccccc2)CC1. The molecule has 2 aliphatic heterocycles. The van der Waals surface area contributed by atoms with Crippen molar-refractivity contribution < 1.29 is 19.5 Å². The van der Waals surface area contributed by atoms with Crippen molar-refractivity contribution in [3.05, 3.63) is 54.7 Å². The molecule has 3 heterocycles. The Morgan fingerprint density at radius 3 is 2.44 bits per heavy atom. The zero-order valence-electron chi connectivity index (χ0n) is 18.1. The molecule has 1 aromatic heterocycles. The van der Waals surface area contributed by atoms with Crippen LogP contribution in [0.5, 0.6) is 5.88 Å². The summed E-state index contributed by atoms with van der Waals surface area (Å²) in [5, 5.41) is 9.32. The molecule has 0 saturated carbocycles. The molecule has 32 heavy (non-hydrogen) atoms. The zero-order chi connectivity index (χ0) is 22.5. The van der Waals surface area contributed by atoms with Crippen LogP contribution >= 0.6 is 0 Å². The van der Waals surface area contributed by atoms with Crippen LogP contribution < -0.4 is 15.1 Å². The van der Waals surface area contributed by atoms with Gasteiger partial charge in [0, 0.05) is 50.7 Å². The number of hydrogen-bond acceptors (Lipinski definition) is 7. The number of piperidine rings is 1. The molecule has 0 spiro atoms. The van der Waals surface area contributed by atoms with Gasteiger partial charge in [-0.2, -0.15) is 0 Å². The summed E-state index contributed by atoms with van der Waals surface area (Å²) in [7, 11) is 1.81. The van der Waals surface area contributed by atoms with E-state index in [0.717, 1.165) is 18.8 Å². The van der Waals surface area contributed by atoms with Gasteiger partial charge in [-0.1, -0.05) is 24.3 Å². The Labute approximate surface area is 187 Å². The molecule has 9 nitrogen and oxygen atoms in total. The number of nitrogens with one attached hydrogen (secondary N) is 1. The number of piperazine rings is 1. The maximum absolute atomic E-state index is 13.5. The van der Waals surface area contributed by atoms with Gasteiger partial charge < -0.3 is 14.5 Å². The number of likely N-dealkylation sites (tertiary alicyclic amines) is 1. The summed E-state index contributed by atoms with van der Waals surface area (Å²) in [6.45, 7) is 3.11. The minimum Gasteiger partial charge on any atom is -0.473 e. The maximum atomic E-state index is 13.5. The third-order valence-corrected chi connectivity index (χ3v) is 6.20. The summed E-state index contributed by atoms with van der Waals surface area (Å²) < 4.78 is 5.94. The van der Waals surface area contributed by atoms with Gasteiger partial charge in [-0.25, -0.2) is 10.5 Å². The van der Waals surface area contributed by atoms with Crippen LogP contribution in [0.2, 0.25) is 0 Å². The van der Waals surface area contributed by atoms with Crippen LogP contribution in [0, 0.1) is 5.92 Å². The van der Waals surface area contributed by atoms with Gasteiger partial charge in [0.25, 0.3) is 0 Å². The number of anilines is 1. The number of pyridine rings is 1. The lowest BCUT2D eigenvalue weighted by atomic mass is 9.86. The second kappa shape index (κ2) is 9.97. The van der Waals surface area contributed by atoms with Crippen molar-refractivity contribution in [2.75, 3.05) is 44.7 Å². The average Bonchev–Trinajstić information content (AvgIpc) is 2.84. The minimum absolute atomic E-state index is 0.0925. The third kappa shape index (κ3) is 4.84. The summed E-state index contributed by atoms with van der Waals surface area (Å²) in [5.41, 5.74) is 2.88. The Morgan fingerprint density at radius 2 is 1.78 bits per heavy atom. The van der Waals surface area contributed by atoms with Crippen LogP contribution in [-0.2, 0) is 9.59 Å². The highest BCUT2D eigenvalue weighted by atomic mass is 16.5. The van der Waals surface area contributed by atoms with E-state index in [4.69, 9.17) is 4.74 Å². The monoisotopic (exact) mass is 439 g/mol. The molecule has 2 fully saturated rings. The van der Waals surface area contributed by atoms with Crippen LogP contribution in [0.25, 0.3) is 0 Å². The molecule has 1 aromatic carbocycles. The van der Waals surface area contributed by atoms with Crippen molar-refractivity contribution >= 4 is 17.5 Å². The van der Waals surface area contributed by atoms with Gasteiger partial charge >= 0.3 is 0 Å². The van der Waals surface area contributed by atoms with E-state index in [-0.39, 0.29) is 12.0 Å². The molecule has 3 atom stereocenters. The third-order valence-electron chi connectivity index (χ3n) is 6.20. The fraction of sp³-hybridized carbons (Fsp3) is 0.435. The summed E-state index contributed by atoms with van der Waals surface area (Å²) in [4.78, 5) is 36.1. The predicted octanol–water partition coefficient (Wildman–Crippen LogP) is 1.00. The van der Waals surface area contributed by atoms with Crippen LogP contribution in [0.3, 0.4) is 0 Å². The molecule has 170 valence electrons. The second-order valence-corrected chi connectivity index (χ2v) is 8.26. The van der Waals surface area contributed by atoms with E-state index in [1.807, 2.05) is 41.1 Å². The number of hydroxylamine groups is 1. The summed E-state index contributed by atoms with van der Waals surface area (Å²) >= 11 is 0. The zero-order valence-corrected chi connectivity index (χ0v) is 18.1. The molecule has 2 amide bonds. The van der Waals surface area contributed by atoms with Crippen LogP contribution in [0.15, 0.2) is 54.7 Å². The Balaban J connectivity index is 1.43. The van der Waals surface area contributed by atoms with Crippen molar-refractivity contribution in [1.29, 1.82) is 0 Å². The number of likely N-dealkylation sites (N-methyl/N-ethyl adjacent to an activating group) is 1. The van der Waals surface area contributed by atoms with E-state index in [1.165, 1.54) is 0 Å². The Morgan fingerprint density at radius 1 is 1.06 bits per heavy atom. The summed E-state index contributed by atoms with van der Waals surface area (Å²) in [6, 6.07) is 14.9. The number of nitrogens with zero attached hydrogens (tertiary/aromatic N) is 4.